The summed E-state index contributed by atoms with van der Waals surface area (Å²) in [5, 5.41) is 8.40. The largest absolute Gasteiger partial charge is 0.362 e. The molecular weight excluding hydrogens is 350 g/mol. The topological polar surface area (TPSA) is 92.5 Å². The molecule has 8 heteroatoms. The summed E-state index contributed by atoms with van der Waals surface area (Å²) in [6, 6.07) is 11.7. The third-order valence-electron chi connectivity index (χ3n) is 3.85. The molecule has 0 aromatic heterocycles. The molecule has 6 nitrogen and oxygen atoms in total. The zero-order valence-corrected chi connectivity index (χ0v) is 14.3. The summed E-state index contributed by atoms with van der Waals surface area (Å²) in [5.41, 5.74) is 2.27. The molecule has 0 saturated carbocycles. The second-order valence-electron chi connectivity index (χ2n) is 5.54. The number of carbonyl (C=O) groups excluding carboxylic acids is 1. The monoisotopic (exact) mass is 365 g/mol. The van der Waals surface area contributed by atoms with Crippen molar-refractivity contribution in [3.8, 4) is 0 Å². The fraction of sp³-hybridized carbons (Fsp3) is 0.188. The summed E-state index contributed by atoms with van der Waals surface area (Å²) in [5.74, 6) is -0.188. The minimum atomic E-state index is -3.72. The van der Waals surface area contributed by atoms with E-state index in [-0.39, 0.29) is 17.3 Å². The van der Waals surface area contributed by atoms with Crippen molar-refractivity contribution < 1.29 is 13.2 Å². The summed E-state index contributed by atoms with van der Waals surface area (Å²) < 4.78 is 22.8. The molecule has 0 fully saturated rings. The van der Waals surface area contributed by atoms with Crippen molar-refractivity contribution in [2.45, 2.75) is 11.3 Å². The number of nitrogens with zero attached hydrogens (tertiary/aromatic N) is 1. The Bertz CT molecular complexity index is 899. The highest BCUT2D eigenvalue weighted by Gasteiger charge is 2.23. The third-order valence-corrected chi connectivity index (χ3v) is 5.09. The molecule has 0 spiro atoms. The van der Waals surface area contributed by atoms with E-state index in [1.165, 1.54) is 6.07 Å². The molecule has 1 aliphatic heterocycles. The Kier molecular flexibility index (Phi) is 4.49. The van der Waals surface area contributed by atoms with Gasteiger partial charge in [-0.25, -0.2) is 13.6 Å². The van der Waals surface area contributed by atoms with Crippen molar-refractivity contribution >= 4 is 38.9 Å². The molecule has 126 valence electrons. The Morgan fingerprint density at radius 1 is 1.25 bits per heavy atom. The van der Waals surface area contributed by atoms with Gasteiger partial charge in [-0.05, 0) is 42.3 Å². The third kappa shape index (κ3) is 3.53. The summed E-state index contributed by atoms with van der Waals surface area (Å²) in [7, 11) is -3.72. The number of sulfonamides is 1. The molecule has 2 aromatic carbocycles. The van der Waals surface area contributed by atoms with Crippen LogP contribution in [0, 0.1) is 0 Å². The number of nitrogens with two attached hydrogens (primary N) is 1. The first-order valence-corrected chi connectivity index (χ1v) is 9.22. The number of hydrogen-bond acceptors (Lipinski definition) is 4. The Balaban J connectivity index is 1.73. The molecule has 2 aromatic rings. The Morgan fingerprint density at radius 2 is 2.00 bits per heavy atom. The first-order valence-electron chi connectivity index (χ1n) is 7.29. The van der Waals surface area contributed by atoms with E-state index in [0.29, 0.717) is 23.7 Å². The van der Waals surface area contributed by atoms with Crippen molar-refractivity contribution in [3.63, 3.8) is 0 Å². The summed E-state index contributed by atoms with van der Waals surface area (Å²) in [4.78, 5) is 14.2. The van der Waals surface area contributed by atoms with E-state index >= 15 is 0 Å². The van der Waals surface area contributed by atoms with Gasteiger partial charge in [0.05, 0.1) is 22.2 Å². The maximum atomic E-state index is 12.2. The maximum absolute atomic E-state index is 12.2. The zero-order valence-electron chi connectivity index (χ0n) is 12.7. The van der Waals surface area contributed by atoms with Gasteiger partial charge in [0.2, 0.25) is 15.9 Å². The molecule has 0 unspecified atom stereocenters. The molecule has 0 atom stereocenters. The fourth-order valence-corrected chi connectivity index (χ4v) is 3.46. The summed E-state index contributed by atoms with van der Waals surface area (Å²) in [6.45, 7) is 0.798. The number of fused-ring (bicyclic) bond motifs is 1. The lowest BCUT2D eigenvalue weighted by molar-refractivity contribution is -0.115. The number of benzene rings is 2. The van der Waals surface area contributed by atoms with Crippen LogP contribution in [0.15, 0.2) is 47.4 Å². The number of amides is 1. The van der Waals surface area contributed by atoms with Crippen molar-refractivity contribution in [3.05, 3.63) is 53.1 Å². The molecule has 0 bridgehead atoms. The zero-order chi connectivity index (χ0) is 17.3. The number of nitrogens with one attached hydrogen (secondary N) is 1. The minimum Gasteiger partial charge on any atom is -0.362 e. The molecule has 3 rings (SSSR count). The van der Waals surface area contributed by atoms with Crippen LogP contribution >= 0.6 is 11.6 Å². The van der Waals surface area contributed by atoms with Gasteiger partial charge in [0, 0.05) is 12.2 Å². The van der Waals surface area contributed by atoms with Crippen LogP contribution < -0.4 is 15.4 Å². The van der Waals surface area contributed by atoms with Crippen molar-refractivity contribution in [1.29, 1.82) is 0 Å². The smallest absolute Gasteiger partial charge is 0.243 e. The number of anilines is 2. The van der Waals surface area contributed by atoms with Crippen molar-refractivity contribution in [1.82, 2.24) is 0 Å². The lowest BCUT2D eigenvalue weighted by Crippen LogP contribution is -2.31. The predicted octanol–water partition coefficient (Wildman–Crippen LogP) is 1.99. The average Bonchev–Trinajstić information content (AvgIpc) is 2.91. The van der Waals surface area contributed by atoms with Gasteiger partial charge in [0.1, 0.15) is 0 Å². The van der Waals surface area contributed by atoms with Crippen molar-refractivity contribution in [2.24, 2.45) is 5.14 Å². The quantitative estimate of drug-likeness (QED) is 0.866. The number of halogens is 1. The normalized spacial score (nSPS) is 13.7. The van der Waals surface area contributed by atoms with Crippen LogP contribution in [0.25, 0.3) is 0 Å². The Morgan fingerprint density at radius 3 is 2.71 bits per heavy atom. The van der Waals surface area contributed by atoms with Gasteiger partial charge >= 0.3 is 0 Å². The number of para-hydroxylation sites is 1. The highest BCUT2D eigenvalue weighted by molar-refractivity contribution is 7.89. The van der Waals surface area contributed by atoms with Crippen LogP contribution in [0.5, 0.6) is 0 Å². The van der Waals surface area contributed by atoms with E-state index in [2.05, 4.69) is 5.32 Å². The highest BCUT2D eigenvalue weighted by Crippen LogP contribution is 2.30. The second kappa shape index (κ2) is 6.43. The van der Waals surface area contributed by atoms with E-state index in [0.717, 1.165) is 11.3 Å². The van der Waals surface area contributed by atoms with Crippen LogP contribution in [-0.2, 0) is 21.2 Å². The Labute approximate surface area is 145 Å². The van der Waals surface area contributed by atoms with Crippen LogP contribution in [0.2, 0.25) is 5.02 Å². The van der Waals surface area contributed by atoms with Crippen LogP contribution in [0.1, 0.15) is 5.56 Å². The predicted molar refractivity (Wildman–Crippen MR) is 93.8 cm³/mol. The standard InChI is InChI=1S/C16H16ClN3O3S/c17-13-3-1-2-4-14(13)19-16(21)10-20-8-7-11-9-12(24(18,22)23)5-6-15(11)20/h1-6,9H,7-8,10H2,(H,19,21)(H2,18,22,23). The van der Waals surface area contributed by atoms with E-state index in [4.69, 9.17) is 16.7 Å². The lowest BCUT2D eigenvalue weighted by Gasteiger charge is -2.19. The van der Waals surface area contributed by atoms with E-state index in [1.807, 2.05) is 4.90 Å². The van der Waals surface area contributed by atoms with E-state index in [9.17, 15) is 13.2 Å². The van der Waals surface area contributed by atoms with Crippen LogP contribution in [-0.4, -0.2) is 27.4 Å². The lowest BCUT2D eigenvalue weighted by atomic mass is 10.2. The molecule has 1 heterocycles. The summed E-state index contributed by atoms with van der Waals surface area (Å²) in [6.07, 6.45) is 0.665. The van der Waals surface area contributed by atoms with Gasteiger partial charge in [0.25, 0.3) is 0 Å². The van der Waals surface area contributed by atoms with Gasteiger partial charge in [-0.15, -0.1) is 0 Å². The number of hydrogen-bond donors (Lipinski definition) is 2. The van der Waals surface area contributed by atoms with Crippen LogP contribution in [0.3, 0.4) is 0 Å². The van der Waals surface area contributed by atoms with Gasteiger partial charge in [0.15, 0.2) is 0 Å². The first kappa shape index (κ1) is 16.8. The second-order valence-corrected chi connectivity index (χ2v) is 7.50. The SMILES string of the molecule is NS(=O)(=O)c1ccc2c(c1)CCN2CC(=O)Nc1ccccc1Cl. The van der Waals surface area contributed by atoms with Gasteiger partial charge in [-0.2, -0.15) is 0 Å². The molecular formula is C16H16ClN3O3S. The first-order chi connectivity index (χ1) is 11.3. The highest BCUT2D eigenvalue weighted by atomic mass is 35.5. The van der Waals surface area contributed by atoms with E-state index in [1.54, 1.807) is 36.4 Å². The molecule has 1 aliphatic rings. The number of carbonyl (C=O) groups is 1. The van der Waals surface area contributed by atoms with E-state index < -0.39 is 10.0 Å². The van der Waals surface area contributed by atoms with Crippen LogP contribution in [0.4, 0.5) is 11.4 Å². The summed E-state index contributed by atoms with van der Waals surface area (Å²) >= 11 is 6.03. The molecule has 0 radical (unpaired) electrons. The van der Waals surface area contributed by atoms with Crippen molar-refractivity contribution in [2.75, 3.05) is 23.3 Å². The number of rotatable bonds is 4. The Hall–Kier alpha value is -2.09. The number of primary sulfonamides is 1. The van der Waals surface area contributed by atoms with Gasteiger partial charge in [-0.1, -0.05) is 23.7 Å². The molecule has 0 aliphatic carbocycles. The molecule has 0 saturated heterocycles. The minimum absolute atomic E-state index is 0.0867. The van der Waals surface area contributed by atoms with Gasteiger partial charge < -0.3 is 10.2 Å². The fourth-order valence-electron chi connectivity index (χ4n) is 2.71. The average molecular weight is 366 g/mol. The maximum Gasteiger partial charge on any atom is 0.243 e. The molecule has 1 amide bonds. The molecule has 3 N–H and O–H groups in total. The van der Waals surface area contributed by atoms with Gasteiger partial charge in [-0.3, -0.25) is 4.79 Å². The molecule has 24 heavy (non-hydrogen) atoms.